The monoisotopic (exact) mass is 212 g/mol. The van der Waals surface area contributed by atoms with Crippen molar-refractivity contribution in [2.24, 2.45) is 0 Å². The lowest BCUT2D eigenvalue weighted by molar-refractivity contribution is -0.121. The van der Waals surface area contributed by atoms with Gasteiger partial charge < -0.3 is 15.7 Å². The summed E-state index contributed by atoms with van der Waals surface area (Å²) in [6.45, 7) is 0.804. The first-order chi connectivity index (χ1) is 7.18. The predicted octanol–water partition coefficient (Wildman–Crippen LogP) is 0.160. The first-order valence-electron chi connectivity index (χ1n) is 5.90. The maximum Gasteiger partial charge on any atom is 0.234 e. The van der Waals surface area contributed by atoms with Gasteiger partial charge in [-0.3, -0.25) is 4.79 Å². The average molecular weight is 212 g/mol. The van der Waals surface area contributed by atoms with Crippen LogP contribution in [0.4, 0.5) is 0 Å². The van der Waals surface area contributed by atoms with Gasteiger partial charge in [-0.15, -0.1) is 0 Å². The lowest BCUT2D eigenvalue weighted by atomic mass is 10.0. The zero-order valence-electron chi connectivity index (χ0n) is 9.09. The minimum Gasteiger partial charge on any atom is -0.388 e. The standard InChI is InChI=1S/C11H20N2O2/c14-10(7-12-9-3-4-9)13-8-11(15)5-1-2-6-11/h9,12,15H,1-8H2,(H,13,14). The summed E-state index contributed by atoms with van der Waals surface area (Å²) in [5.74, 6) is 0.00206. The van der Waals surface area contributed by atoms with Crippen LogP contribution in [0.25, 0.3) is 0 Å². The third kappa shape index (κ3) is 3.47. The van der Waals surface area contributed by atoms with Gasteiger partial charge in [-0.2, -0.15) is 0 Å². The minimum atomic E-state index is -0.630. The number of rotatable bonds is 5. The molecule has 0 heterocycles. The van der Waals surface area contributed by atoms with E-state index < -0.39 is 5.60 Å². The fourth-order valence-corrected chi connectivity index (χ4v) is 2.06. The molecule has 0 aromatic carbocycles. The summed E-state index contributed by atoms with van der Waals surface area (Å²) in [6.07, 6.45) is 6.18. The molecule has 2 aliphatic rings. The fraction of sp³-hybridized carbons (Fsp3) is 0.909. The molecule has 0 radical (unpaired) electrons. The Kier molecular flexibility index (Phi) is 3.26. The van der Waals surface area contributed by atoms with Crippen LogP contribution in [0, 0.1) is 0 Å². The van der Waals surface area contributed by atoms with Crippen molar-refractivity contribution in [1.29, 1.82) is 0 Å². The second-order valence-corrected chi connectivity index (χ2v) is 4.86. The minimum absolute atomic E-state index is 0.00206. The van der Waals surface area contributed by atoms with Gasteiger partial charge in [0.25, 0.3) is 0 Å². The van der Waals surface area contributed by atoms with Gasteiger partial charge in [-0.05, 0) is 25.7 Å². The maximum atomic E-state index is 11.4. The van der Waals surface area contributed by atoms with Crippen LogP contribution in [0.5, 0.6) is 0 Å². The number of nitrogens with one attached hydrogen (secondary N) is 2. The highest BCUT2D eigenvalue weighted by atomic mass is 16.3. The molecule has 2 rings (SSSR count). The molecule has 2 aliphatic carbocycles. The largest absolute Gasteiger partial charge is 0.388 e. The van der Waals surface area contributed by atoms with Gasteiger partial charge in [0.2, 0.25) is 5.91 Å². The Morgan fingerprint density at radius 3 is 2.60 bits per heavy atom. The Bertz CT molecular complexity index is 233. The van der Waals surface area contributed by atoms with E-state index in [1.807, 2.05) is 0 Å². The number of carbonyl (C=O) groups is 1. The maximum absolute atomic E-state index is 11.4. The smallest absolute Gasteiger partial charge is 0.234 e. The van der Waals surface area contributed by atoms with Gasteiger partial charge in [0.1, 0.15) is 0 Å². The topological polar surface area (TPSA) is 61.4 Å². The molecule has 2 saturated carbocycles. The molecular weight excluding hydrogens is 192 g/mol. The van der Waals surface area contributed by atoms with E-state index >= 15 is 0 Å². The quantitative estimate of drug-likeness (QED) is 0.608. The van der Waals surface area contributed by atoms with Crippen LogP contribution in [-0.2, 0) is 4.79 Å². The van der Waals surface area contributed by atoms with E-state index in [0.29, 0.717) is 19.1 Å². The molecular formula is C11H20N2O2. The molecule has 86 valence electrons. The molecule has 0 bridgehead atoms. The summed E-state index contributed by atoms with van der Waals surface area (Å²) in [5, 5.41) is 15.9. The molecule has 0 unspecified atom stereocenters. The highest BCUT2D eigenvalue weighted by Gasteiger charge is 2.31. The van der Waals surface area contributed by atoms with Gasteiger partial charge in [0, 0.05) is 12.6 Å². The number of aliphatic hydroxyl groups is 1. The van der Waals surface area contributed by atoms with Crippen LogP contribution in [-0.4, -0.2) is 35.7 Å². The number of hydrogen-bond acceptors (Lipinski definition) is 3. The summed E-state index contributed by atoms with van der Waals surface area (Å²) >= 11 is 0. The van der Waals surface area contributed by atoms with E-state index in [0.717, 1.165) is 25.7 Å². The number of hydrogen-bond donors (Lipinski definition) is 3. The molecule has 2 fully saturated rings. The summed E-state index contributed by atoms with van der Waals surface area (Å²) in [5.41, 5.74) is -0.630. The summed E-state index contributed by atoms with van der Waals surface area (Å²) in [7, 11) is 0. The lowest BCUT2D eigenvalue weighted by Gasteiger charge is -2.22. The van der Waals surface area contributed by atoms with Crippen LogP contribution >= 0.6 is 0 Å². The number of amides is 1. The normalized spacial score (nSPS) is 24.1. The zero-order valence-corrected chi connectivity index (χ0v) is 9.09. The summed E-state index contributed by atoms with van der Waals surface area (Å²) < 4.78 is 0. The molecule has 15 heavy (non-hydrogen) atoms. The molecule has 0 aromatic rings. The van der Waals surface area contributed by atoms with E-state index in [1.165, 1.54) is 12.8 Å². The molecule has 3 N–H and O–H groups in total. The van der Waals surface area contributed by atoms with Gasteiger partial charge >= 0.3 is 0 Å². The first kappa shape index (κ1) is 10.9. The van der Waals surface area contributed by atoms with Crippen LogP contribution in [0.2, 0.25) is 0 Å². The van der Waals surface area contributed by atoms with E-state index in [1.54, 1.807) is 0 Å². The van der Waals surface area contributed by atoms with E-state index in [2.05, 4.69) is 10.6 Å². The molecule has 1 amide bonds. The van der Waals surface area contributed by atoms with Crippen molar-refractivity contribution in [2.45, 2.75) is 50.2 Å². The van der Waals surface area contributed by atoms with Gasteiger partial charge in [0.15, 0.2) is 0 Å². The van der Waals surface area contributed by atoms with E-state index in [4.69, 9.17) is 0 Å². The predicted molar refractivity (Wildman–Crippen MR) is 57.5 cm³/mol. The molecule has 0 aromatic heterocycles. The van der Waals surface area contributed by atoms with Gasteiger partial charge in [0.05, 0.1) is 12.1 Å². The Morgan fingerprint density at radius 1 is 1.33 bits per heavy atom. The zero-order chi connectivity index (χ0) is 10.7. The molecule has 4 heteroatoms. The van der Waals surface area contributed by atoms with Crippen molar-refractivity contribution in [2.75, 3.05) is 13.1 Å². The second-order valence-electron chi connectivity index (χ2n) is 4.86. The lowest BCUT2D eigenvalue weighted by Crippen LogP contribution is -2.44. The van der Waals surface area contributed by atoms with Crippen molar-refractivity contribution in [3.63, 3.8) is 0 Å². The van der Waals surface area contributed by atoms with Crippen molar-refractivity contribution in [3.05, 3.63) is 0 Å². The Morgan fingerprint density at radius 2 is 2.00 bits per heavy atom. The van der Waals surface area contributed by atoms with Gasteiger partial charge in [-0.25, -0.2) is 0 Å². The molecule has 4 nitrogen and oxygen atoms in total. The van der Waals surface area contributed by atoms with Crippen molar-refractivity contribution >= 4 is 5.91 Å². The van der Waals surface area contributed by atoms with Crippen LogP contribution in [0.3, 0.4) is 0 Å². The highest BCUT2D eigenvalue weighted by Crippen LogP contribution is 2.28. The Balaban J connectivity index is 1.60. The third-order valence-corrected chi connectivity index (χ3v) is 3.28. The highest BCUT2D eigenvalue weighted by molar-refractivity contribution is 5.78. The Hall–Kier alpha value is -0.610. The van der Waals surface area contributed by atoms with Crippen molar-refractivity contribution in [3.8, 4) is 0 Å². The third-order valence-electron chi connectivity index (χ3n) is 3.28. The fourth-order valence-electron chi connectivity index (χ4n) is 2.06. The number of carbonyl (C=O) groups excluding carboxylic acids is 1. The first-order valence-corrected chi connectivity index (χ1v) is 5.90. The van der Waals surface area contributed by atoms with E-state index in [-0.39, 0.29) is 5.91 Å². The van der Waals surface area contributed by atoms with Crippen LogP contribution in [0.1, 0.15) is 38.5 Å². The van der Waals surface area contributed by atoms with Crippen LogP contribution in [0.15, 0.2) is 0 Å². The van der Waals surface area contributed by atoms with Gasteiger partial charge in [-0.1, -0.05) is 12.8 Å². The molecule has 0 atom stereocenters. The average Bonchev–Trinajstić information content (AvgIpc) is 2.95. The van der Waals surface area contributed by atoms with Crippen LogP contribution < -0.4 is 10.6 Å². The SMILES string of the molecule is O=C(CNC1CC1)NCC1(O)CCCC1. The van der Waals surface area contributed by atoms with Crippen molar-refractivity contribution < 1.29 is 9.90 Å². The molecule has 0 spiro atoms. The Labute approximate surface area is 90.4 Å². The summed E-state index contributed by atoms with van der Waals surface area (Å²) in [6, 6.07) is 0.560. The molecule has 0 saturated heterocycles. The van der Waals surface area contributed by atoms with E-state index in [9.17, 15) is 9.90 Å². The summed E-state index contributed by atoms with van der Waals surface area (Å²) in [4.78, 5) is 11.4. The van der Waals surface area contributed by atoms with Crippen molar-refractivity contribution in [1.82, 2.24) is 10.6 Å². The second kappa shape index (κ2) is 4.49. The molecule has 0 aliphatic heterocycles.